The van der Waals surface area contributed by atoms with Crippen molar-refractivity contribution in [3.8, 4) is 0 Å². The predicted octanol–water partition coefficient (Wildman–Crippen LogP) is 1.88. The lowest BCUT2D eigenvalue weighted by Gasteiger charge is -2.14. The Morgan fingerprint density at radius 1 is 1.56 bits per heavy atom. The number of amides is 1. The molecule has 2 rings (SSSR count). The second-order valence-corrected chi connectivity index (χ2v) is 4.92. The van der Waals surface area contributed by atoms with Gasteiger partial charge >= 0.3 is 0 Å². The van der Waals surface area contributed by atoms with E-state index in [4.69, 9.17) is 0 Å². The molecule has 0 atom stereocenters. The van der Waals surface area contributed by atoms with E-state index in [2.05, 4.69) is 10.3 Å². The van der Waals surface area contributed by atoms with Crippen LogP contribution in [0.25, 0.3) is 0 Å². The minimum absolute atomic E-state index is 0.262. The maximum Gasteiger partial charge on any atom is 0.224 e. The number of likely N-dealkylation sites (tertiary alicyclic amines) is 1. The highest BCUT2D eigenvalue weighted by atomic mass is 32.1. The van der Waals surface area contributed by atoms with Gasteiger partial charge in [-0.3, -0.25) is 4.79 Å². The monoisotopic (exact) mass is 239 g/mol. The van der Waals surface area contributed by atoms with E-state index in [1.807, 2.05) is 17.2 Å². The van der Waals surface area contributed by atoms with Gasteiger partial charge in [-0.25, -0.2) is 4.98 Å². The van der Waals surface area contributed by atoms with Crippen molar-refractivity contribution in [1.29, 1.82) is 0 Å². The van der Waals surface area contributed by atoms with Crippen molar-refractivity contribution in [1.82, 2.24) is 9.88 Å². The molecule has 0 radical (unpaired) electrons. The Kier molecular flexibility index (Phi) is 3.77. The van der Waals surface area contributed by atoms with Gasteiger partial charge in [-0.15, -0.1) is 11.3 Å². The number of aromatic nitrogens is 1. The standard InChI is InChI=1S/C11H17N3OS/c1-9-8-16-11(13-9)12-5-4-10(15)14-6-2-3-7-14/h8H,2-7H2,1H3,(H,12,13). The van der Waals surface area contributed by atoms with Crippen LogP contribution in [0.5, 0.6) is 0 Å². The Morgan fingerprint density at radius 2 is 2.31 bits per heavy atom. The molecule has 16 heavy (non-hydrogen) atoms. The molecule has 0 spiro atoms. The molecular formula is C11H17N3OS. The van der Waals surface area contributed by atoms with E-state index in [-0.39, 0.29) is 5.91 Å². The SMILES string of the molecule is Cc1csc(NCCC(=O)N2CCCC2)n1. The molecule has 0 unspecified atom stereocenters. The molecule has 1 aliphatic rings. The summed E-state index contributed by atoms with van der Waals surface area (Å²) in [4.78, 5) is 18.0. The Hall–Kier alpha value is -1.10. The number of hydrogen-bond donors (Lipinski definition) is 1. The van der Waals surface area contributed by atoms with E-state index < -0.39 is 0 Å². The van der Waals surface area contributed by atoms with E-state index in [0.717, 1.165) is 36.8 Å². The topological polar surface area (TPSA) is 45.2 Å². The first-order chi connectivity index (χ1) is 7.75. The molecule has 5 heteroatoms. The normalized spacial score (nSPS) is 15.4. The zero-order valence-electron chi connectivity index (χ0n) is 9.53. The van der Waals surface area contributed by atoms with Gasteiger partial charge in [0.05, 0.1) is 5.69 Å². The smallest absolute Gasteiger partial charge is 0.224 e. The minimum Gasteiger partial charge on any atom is -0.361 e. The lowest BCUT2D eigenvalue weighted by atomic mass is 10.3. The van der Waals surface area contributed by atoms with Crippen molar-refractivity contribution in [2.45, 2.75) is 26.2 Å². The van der Waals surface area contributed by atoms with Crippen molar-refractivity contribution >= 4 is 22.4 Å². The summed E-state index contributed by atoms with van der Waals surface area (Å²) < 4.78 is 0. The number of thiazole rings is 1. The molecular weight excluding hydrogens is 222 g/mol. The molecule has 1 amide bonds. The van der Waals surface area contributed by atoms with Gasteiger partial charge in [-0.1, -0.05) is 0 Å². The highest BCUT2D eigenvalue weighted by Gasteiger charge is 2.16. The van der Waals surface area contributed by atoms with Crippen LogP contribution in [0.1, 0.15) is 25.0 Å². The summed E-state index contributed by atoms with van der Waals surface area (Å²) in [6.45, 7) is 4.53. The van der Waals surface area contributed by atoms with Crippen molar-refractivity contribution in [2.75, 3.05) is 25.0 Å². The Balaban J connectivity index is 1.69. The van der Waals surface area contributed by atoms with Gasteiger partial charge in [0.15, 0.2) is 5.13 Å². The Labute approximate surface area is 99.7 Å². The first-order valence-electron chi connectivity index (χ1n) is 5.69. The molecule has 1 aromatic heterocycles. The van der Waals surface area contributed by atoms with Crippen molar-refractivity contribution in [2.24, 2.45) is 0 Å². The van der Waals surface area contributed by atoms with Crippen molar-refractivity contribution < 1.29 is 4.79 Å². The second-order valence-electron chi connectivity index (χ2n) is 4.06. The zero-order chi connectivity index (χ0) is 11.4. The number of anilines is 1. The number of hydrogen-bond acceptors (Lipinski definition) is 4. The van der Waals surface area contributed by atoms with E-state index in [0.29, 0.717) is 13.0 Å². The largest absolute Gasteiger partial charge is 0.361 e. The molecule has 1 saturated heterocycles. The van der Waals surface area contributed by atoms with E-state index >= 15 is 0 Å². The van der Waals surface area contributed by atoms with Gasteiger partial charge in [0.1, 0.15) is 0 Å². The quantitative estimate of drug-likeness (QED) is 0.872. The molecule has 1 N–H and O–H groups in total. The van der Waals surface area contributed by atoms with Crippen LogP contribution in [-0.2, 0) is 4.79 Å². The summed E-state index contributed by atoms with van der Waals surface area (Å²) in [6.07, 6.45) is 2.88. The highest BCUT2D eigenvalue weighted by Crippen LogP contribution is 2.14. The number of nitrogens with one attached hydrogen (secondary N) is 1. The fourth-order valence-corrected chi connectivity index (χ4v) is 2.55. The van der Waals surface area contributed by atoms with E-state index in [1.165, 1.54) is 0 Å². The number of carbonyl (C=O) groups excluding carboxylic acids is 1. The van der Waals surface area contributed by atoms with E-state index in [9.17, 15) is 4.79 Å². The molecule has 1 fully saturated rings. The highest BCUT2D eigenvalue weighted by molar-refractivity contribution is 7.13. The van der Waals surface area contributed by atoms with Gasteiger partial charge in [0, 0.05) is 31.4 Å². The van der Waals surface area contributed by atoms with Crippen LogP contribution in [0.2, 0.25) is 0 Å². The summed E-state index contributed by atoms with van der Waals surface area (Å²) in [6, 6.07) is 0. The number of aryl methyl sites for hydroxylation is 1. The molecule has 0 bridgehead atoms. The first kappa shape index (κ1) is 11.4. The van der Waals surface area contributed by atoms with Crippen LogP contribution < -0.4 is 5.32 Å². The number of carbonyl (C=O) groups is 1. The summed E-state index contributed by atoms with van der Waals surface area (Å²) in [5.74, 6) is 0.262. The minimum atomic E-state index is 0.262. The van der Waals surface area contributed by atoms with Gasteiger partial charge < -0.3 is 10.2 Å². The molecule has 4 nitrogen and oxygen atoms in total. The lowest BCUT2D eigenvalue weighted by Crippen LogP contribution is -2.29. The molecule has 0 saturated carbocycles. The third kappa shape index (κ3) is 2.95. The molecule has 1 aliphatic heterocycles. The van der Waals surface area contributed by atoms with Crippen LogP contribution in [0, 0.1) is 6.92 Å². The van der Waals surface area contributed by atoms with Crippen LogP contribution in [0.4, 0.5) is 5.13 Å². The number of nitrogens with zero attached hydrogens (tertiary/aromatic N) is 2. The summed E-state index contributed by atoms with van der Waals surface area (Å²) in [5.41, 5.74) is 1.03. The van der Waals surface area contributed by atoms with Gasteiger partial charge in [-0.2, -0.15) is 0 Å². The van der Waals surface area contributed by atoms with Crippen molar-refractivity contribution in [3.63, 3.8) is 0 Å². The van der Waals surface area contributed by atoms with Gasteiger partial charge in [0.25, 0.3) is 0 Å². The maximum atomic E-state index is 11.7. The fraction of sp³-hybridized carbons (Fsp3) is 0.636. The third-order valence-electron chi connectivity index (χ3n) is 2.69. The third-order valence-corrected chi connectivity index (χ3v) is 3.61. The average molecular weight is 239 g/mol. The summed E-state index contributed by atoms with van der Waals surface area (Å²) in [7, 11) is 0. The van der Waals surface area contributed by atoms with Gasteiger partial charge in [-0.05, 0) is 19.8 Å². The molecule has 88 valence electrons. The molecule has 0 aliphatic carbocycles. The van der Waals surface area contributed by atoms with Crippen LogP contribution >= 0.6 is 11.3 Å². The Morgan fingerprint density at radius 3 is 2.94 bits per heavy atom. The van der Waals surface area contributed by atoms with Crippen LogP contribution in [-0.4, -0.2) is 35.4 Å². The summed E-state index contributed by atoms with van der Waals surface area (Å²) >= 11 is 1.59. The second kappa shape index (κ2) is 5.30. The van der Waals surface area contributed by atoms with Crippen molar-refractivity contribution in [3.05, 3.63) is 11.1 Å². The lowest BCUT2D eigenvalue weighted by molar-refractivity contribution is -0.129. The average Bonchev–Trinajstić information content (AvgIpc) is 2.89. The summed E-state index contributed by atoms with van der Waals surface area (Å²) in [5, 5.41) is 6.09. The predicted molar refractivity (Wildman–Crippen MR) is 65.8 cm³/mol. The fourth-order valence-electron chi connectivity index (χ4n) is 1.84. The van der Waals surface area contributed by atoms with Crippen LogP contribution in [0.3, 0.4) is 0 Å². The van der Waals surface area contributed by atoms with Gasteiger partial charge in [0.2, 0.25) is 5.91 Å². The molecule has 2 heterocycles. The zero-order valence-corrected chi connectivity index (χ0v) is 10.3. The molecule has 0 aromatic carbocycles. The van der Waals surface area contributed by atoms with Crippen LogP contribution in [0.15, 0.2) is 5.38 Å². The number of rotatable bonds is 4. The maximum absolute atomic E-state index is 11.7. The van der Waals surface area contributed by atoms with E-state index in [1.54, 1.807) is 11.3 Å². The Bertz CT molecular complexity index is 358. The molecule has 1 aromatic rings. The first-order valence-corrected chi connectivity index (χ1v) is 6.57.